The van der Waals surface area contributed by atoms with E-state index in [-0.39, 0.29) is 17.2 Å². The van der Waals surface area contributed by atoms with Crippen molar-refractivity contribution in [3.63, 3.8) is 0 Å². The molecule has 0 aliphatic carbocycles. The van der Waals surface area contributed by atoms with Crippen molar-refractivity contribution in [3.05, 3.63) is 93.8 Å². The number of anilines is 1. The standard InChI is InChI=1S/C27H22N6O2S/c1-17-7-8-18(2)23(15-17)32-25(35)21-5-3-4-6-22(21)33-26(32)30-31-27(33)36-16-24(34)29-20-11-9-19(10-12-20)13-14-28/h3-12,15H,13,16H2,1-2H3,(H,29,34). The van der Waals surface area contributed by atoms with E-state index in [2.05, 4.69) is 21.6 Å². The Bertz CT molecular complexity index is 1710. The number of para-hydroxylation sites is 1. The first-order chi connectivity index (χ1) is 17.5. The van der Waals surface area contributed by atoms with Gasteiger partial charge in [0.2, 0.25) is 11.7 Å². The van der Waals surface area contributed by atoms with E-state index in [1.54, 1.807) is 22.8 Å². The van der Waals surface area contributed by atoms with Gasteiger partial charge in [-0.25, -0.2) is 4.57 Å². The number of nitriles is 1. The summed E-state index contributed by atoms with van der Waals surface area (Å²) in [6.45, 7) is 3.93. The Morgan fingerprint density at radius 1 is 1.06 bits per heavy atom. The van der Waals surface area contributed by atoms with Gasteiger partial charge in [0.25, 0.3) is 5.56 Å². The topological polar surface area (TPSA) is 105 Å². The fraction of sp³-hybridized carbons (Fsp3) is 0.148. The summed E-state index contributed by atoms with van der Waals surface area (Å²) in [7, 11) is 0. The van der Waals surface area contributed by atoms with E-state index in [9.17, 15) is 9.59 Å². The van der Waals surface area contributed by atoms with Crippen molar-refractivity contribution in [3.8, 4) is 11.8 Å². The Balaban J connectivity index is 1.51. The van der Waals surface area contributed by atoms with Crippen molar-refractivity contribution in [1.29, 1.82) is 5.26 Å². The summed E-state index contributed by atoms with van der Waals surface area (Å²) in [5.74, 6) is 0.304. The fourth-order valence-electron chi connectivity index (χ4n) is 4.07. The van der Waals surface area contributed by atoms with Crippen LogP contribution in [0.5, 0.6) is 0 Å². The van der Waals surface area contributed by atoms with E-state index in [0.717, 1.165) is 22.4 Å². The number of benzene rings is 3. The Morgan fingerprint density at radius 3 is 2.61 bits per heavy atom. The summed E-state index contributed by atoms with van der Waals surface area (Å²) < 4.78 is 3.41. The van der Waals surface area contributed by atoms with E-state index in [0.29, 0.717) is 33.9 Å². The average Bonchev–Trinajstić information content (AvgIpc) is 3.30. The SMILES string of the molecule is Cc1ccc(C)c(-n2c(=O)c3ccccc3n3c(SCC(=O)Nc4ccc(CC#N)cc4)nnc23)c1. The lowest BCUT2D eigenvalue weighted by Crippen LogP contribution is -2.22. The van der Waals surface area contributed by atoms with Crippen molar-refractivity contribution in [2.24, 2.45) is 0 Å². The maximum Gasteiger partial charge on any atom is 0.267 e. The number of hydrogen-bond acceptors (Lipinski definition) is 6. The van der Waals surface area contributed by atoms with Gasteiger partial charge in [0.1, 0.15) is 0 Å². The molecule has 0 fully saturated rings. The third-order valence-corrected chi connectivity index (χ3v) is 6.78. The van der Waals surface area contributed by atoms with Gasteiger partial charge in [-0.05, 0) is 60.9 Å². The van der Waals surface area contributed by atoms with E-state index >= 15 is 0 Å². The Kier molecular flexibility index (Phi) is 6.27. The number of nitrogens with zero attached hydrogens (tertiary/aromatic N) is 5. The highest BCUT2D eigenvalue weighted by molar-refractivity contribution is 7.99. The van der Waals surface area contributed by atoms with E-state index in [4.69, 9.17) is 5.26 Å². The van der Waals surface area contributed by atoms with Crippen LogP contribution < -0.4 is 10.9 Å². The minimum absolute atomic E-state index is 0.109. The maximum absolute atomic E-state index is 13.5. The molecule has 1 N–H and O–H groups in total. The lowest BCUT2D eigenvalue weighted by Gasteiger charge is -2.14. The van der Waals surface area contributed by atoms with Crippen LogP contribution >= 0.6 is 11.8 Å². The molecule has 36 heavy (non-hydrogen) atoms. The molecule has 5 aromatic rings. The molecule has 2 heterocycles. The number of hydrogen-bond donors (Lipinski definition) is 1. The maximum atomic E-state index is 13.5. The fourth-order valence-corrected chi connectivity index (χ4v) is 4.81. The van der Waals surface area contributed by atoms with Crippen molar-refractivity contribution in [2.75, 3.05) is 11.1 Å². The predicted molar refractivity (Wildman–Crippen MR) is 141 cm³/mol. The first-order valence-electron chi connectivity index (χ1n) is 11.3. The van der Waals surface area contributed by atoms with Crippen molar-refractivity contribution in [1.82, 2.24) is 19.2 Å². The molecule has 0 saturated carbocycles. The zero-order valence-corrected chi connectivity index (χ0v) is 20.5. The third kappa shape index (κ3) is 4.34. The van der Waals surface area contributed by atoms with Gasteiger partial charge in [0.15, 0.2) is 5.16 Å². The number of carbonyl (C=O) groups is 1. The van der Waals surface area contributed by atoms with E-state index < -0.39 is 0 Å². The van der Waals surface area contributed by atoms with Crippen LogP contribution in [0.1, 0.15) is 16.7 Å². The normalized spacial score (nSPS) is 11.0. The molecule has 5 rings (SSSR count). The molecule has 0 aliphatic rings. The quantitative estimate of drug-likeness (QED) is 0.350. The second-order valence-corrected chi connectivity index (χ2v) is 9.38. The van der Waals surface area contributed by atoms with Gasteiger partial charge in [-0.1, -0.05) is 48.2 Å². The molecule has 2 aromatic heterocycles. The van der Waals surface area contributed by atoms with E-state index in [1.807, 2.05) is 66.8 Å². The molecule has 178 valence electrons. The Morgan fingerprint density at radius 2 is 1.83 bits per heavy atom. The first-order valence-corrected chi connectivity index (χ1v) is 12.3. The molecule has 0 aliphatic heterocycles. The number of carbonyl (C=O) groups excluding carboxylic acids is 1. The second kappa shape index (κ2) is 9.68. The van der Waals surface area contributed by atoms with Crippen LogP contribution in [0.2, 0.25) is 0 Å². The molecule has 3 aromatic carbocycles. The Hall–Kier alpha value is -4.42. The summed E-state index contributed by atoms with van der Waals surface area (Å²) in [5.41, 5.74) is 4.77. The van der Waals surface area contributed by atoms with Crippen LogP contribution in [0.15, 0.2) is 76.7 Å². The zero-order valence-electron chi connectivity index (χ0n) is 19.7. The summed E-state index contributed by atoms with van der Waals surface area (Å²) in [6.07, 6.45) is 0.325. The van der Waals surface area contributed by atoms with Crippen LogP contribution in [-0.2, 0) is 11.2 Å². The highest BCUT2D eigenvalue weighted by Gasteiger charge is 2.19. The molecule has 9 heteroatoms. The van der Waals surface area contributed by atoms with E-state index in [1.165, 1.54) is 11.8 Å². The molecule has 0 saturated heterocycles. The van der Waals surface area contributed by atoms with Crippen molar-refractivity contribution >= 4 is 40.0 Å². The summed E-state index contributed by atoms with van der Waals surface area (Å²) in [5, 5.41) is 21.4. The number of aromatic nitrogens is 4. The third-order valence-electron chi connectivity index (χ3n) is 5.85. The molecule has 0 unspecified atom stereocenters. The summed E-state index contributed by atoms with van der Waals surface area (Å²) in [6, 6.07) is 22.6. The second-order valence-electron chi connectivity index (χ2n) is 8.43. The van der Waals surface area contributed by atoms with Gasteiger partial charge < -0.3 is 5.32 Å². The van der Waals surface area contributed by atoms with Gasteiger partial charge in [-0.2, -0.15) is 5.26 Å². The molecule has 0 bridgehead atoms. The van der Waals surface area contributed by atoms with Gasteiger partial charge in [-0.15, -0.1) is 10.2 Å². The molecule has 0 atom stereocenters. The van der Waals surface area contributed by atoms with Crippen LogP contribution in [0.25, 0.3) is 22.4 Å². The number of amides is 1. The molecular formula is C27H22N6O2S. The number of thioether (sulfide) groups is 1. The van der Waals surface area contributed by atoms with Crippen molar-refractivity contribution in [2.45, 2.75) is 25.4 Å². The van der Waals surface area contributed by atoms with Crippen LogP contribution in [0.3, 0.4) is 0 Å². The summed E-state index contributed by atoms with van der Waals surface area (Å²) in [4.78, 5) is 26.2. The van der Waals surface area contributed by atoms with Crippen LogP contribution in [0, 0.1) is 25.2 Å². The minimum Gasteiger partial charge on any atom is -0.325 e. The highest BCUT2D eigenvalue weighted by atomic mass is 32.2. The molecule has 8 nitrogen and oxygen atoms in total. The van der Waals surface area contributed by atoms with Gasteiger partial charge in [0, 0.05) is 5.69 Å². The lowest BCUT2D eigenvalue weighted by atomic mass is 10.1. The molecule has 0 spiro atoms. The molecule has 0 radical (unpaired) electrons. The number of rotatable bonds is 6. The smallest absolute Gasteiger partial charge is 0.267 e. The van der Waals surface area contributed by atoms with Crippen LogP contribution in [0.4, 0.5) is 5.69 Å². The number of nitrogens with one attached hydrogen (secondary N) is 1. The van der Waals surface area contributed by atoms with Gasteiger partial charge in [-0.3, -0.25) is 14.0 Å². The number of aryl methyl sites for hydroxylation is 2. The average molecular weight is 495 g/mol. The predicted octanol–water partition coefficient (Wildman–Crippen LogP) is 4.45. The van der Waals surface area contributed by atoms with Crippen molar-refractivity contribution < 1.29 is 4.79 Å². The largest absolute Gasteiger partial charge is 0.325 e. The first kappa shape index (κ1) is 23.3. The number of fused-ring (bicyclic) bond motifs is 3. The molecule has 1 amide bonds. The Labute approximate surface area is 211 Å². The van der Waals surface area contributed by atoms with Gasteiger partial charge >= 0.3 is 0 Å². The highest BCUT2D eigenvalue weighted by Crippen LogP contribution is 2.25. The van der Waals surface area contributed by atoms with Crippen LogP contribution in [-0.4, -0.2) is 30.8 Å². The minimum atomic E-state index is -0.197. The van der Waals surface area contributed by atoms with Gasteiger partial charge in [0.05, 0.1) is 34.8 Å². The summed E-state index contributed by atoms with van der Waals surface area (Å²) >= 11 is 1.25. The monoisotopic (exact) mass is 494 g/mol. The zero-order chi connectivity index (χ0) is 25.2. The lowest BCUT2D eigenvalue weighted by molar-refractivity contribution is -0.113. The molecular weight excluding hydrogens is 472 g/mol.